The first-order chi connectivity index (χ1) is 19.5. The second kappa shape index (κ2) is 12.1. The van der Waals surface area contributed by atoms with E-state index in [9.17, 15) is 4.79 Å². The van der Waals surface area contributed by atoms with E-state index in [2.05, 4.69) is 15.0 Å². The van der Waals surface area contributed by atoms with E-state index < -0.39 is 5.79 Å². The maximum Gasteiger partial charge on any atom is 0.226 e. The minimum Gasteiger partial charge on any atom is -0.347 e. The first kappa shape index (κ1) is 28.1. The van der Waals surface area contributed by atoms with Crippen molar-refractivity contribution in [3.05, 3.63) is 47.5 Å². The highest BCUT2D eigenvalue weighted by Gasteiger charge is 2.53. The maximum absolute atomic E-state index is 14.5. The topological polar surface area (TPSA) is 95.5 Å². The second-order valence-corrected chi connectivity index (χ2v) is 13.1. The van der Waals surface area contributed by atoms with Crippen molar-refractivity contribution in [2.45, 2.75) is 89.0 Å². The predicted octanol–water partition coefficient (Wildman–Crippen LogP) is 4.85. The number of piperidine rings is 1. The van der Waals surface area contributed by atoms with Crippen LogP contribution in [0.25, 0.3) is 0 Å². The molecule has 2 unspecified atom stereocenters. The van der Waals surface area contributed by atoms with Crippen molar-refractivity contribution in [3.8, 4) is 0 Å². The quantitative estimate of drug-likeness (QED) is 0.512. The van der Waals surface area contributed by atoms with Gasteiger partial charge in [-0.1, -0.05) is 43.0 Å². The van der Waals surface area contributed by atoms with Crippen LogP contribution in [0.5, 0.6) is 0 Å². The molecule has 2 saturated carbocycles. The summed E-state index contributed by atoms with van der Waals surface area (Å²) in [5.74, 6) is -0.166. The lowest BCUT2D eigenvalue weighted by Gasteiger charge is -2.50. The van der Waals surface area contributed by atoms with Crippen LogP contribution in [-0.4, -0.2) is 63.7 Å². The number of aromatic nitrogens is 3. The summed E-state index contributed by atoms with van der Waals surface area (Å²) < 4.78 is 14.6. The van der Waals surface area contributed by atoms with E-state index in [4.69, 9.17) is 26.8 Å². The van der Waals surface area contributed by atoms with Crippen molar-refractivity contribution in [2.75, 3.05) is 26.3 Å². The molecule has 1 spiro atoms. The van der Waals surface area contributed by atoms with Gasteiger partial charge in [0, 0.05) is 43.0 Å². The second-order valence-electron chi connectivity index (χ2n) is 12.7. The summed E-state index contributed by atoms with van der Waals surface area (Å²) in [5.41, 5.74) is 7.78. The van der Waals surface area contributed by atoms with Crippen LogP contribution in [0.1, 0.15) is 69.8 Å². The number of ether oxygens (including phenoxy) is 2. The van der Waals surface area contributed by atoms with E-state index in [1.807, 2.05) is 35.3 Å². The summed E-state index contributed by atoms with van der Waals surface area (Å²) in [4.78, 5) is 20.9. The zero-order valence-electron chi connectivity index (χ0n) is 23.6. The van der Waals surface area contributed by atoms with E-state index in [0.29, 0.717) is 30.6 Å². The molecule has 9 heteroatoms. The molecule has 1 aromatic carbocycles. The molecule has 218 valence electrons. The van der Waals surface area contributed by atoms with E-state index in [0.717, 1.165) is 57.3 Å². The number of hydrogen-bond acceptors (Lipinski definition) is 6. The number of carbonyl (C=O) groups is 1. The fraction of sp³-hybridized carbons (Fsp3) is 0.710. The maximum atomic E-state index is 14.5. The zero-order valence-corrected chi connectivity index (χ0v) is 24.3. The molecule has 2 aliphatic carbocycles. The lowest BCUT2D eigenvalue weighted by atomic mass is 9.63. The van der Waals surface area contributed by atoms with Crippen LogP contribution in [-0.2, 0) is 27.2 Å². The SMILES string of the molecule is NC1CCC2(OCCO2)C([C@@H](Cc2ccc(Cl)cc2)C(=O)N2CCC(Cn3cncn3)(C3CCCCC3)CC2)C1. The van der Waals surface area contributed by atoms with Crippen molar-refractivity contribution < 1.29 is 14.3 Å². The summed E-state index contributed by atoms with van der Waals surface area (Å²) in [6.45, 7) is 3.58. The lowest BCUT2D eigenvalue weighted by molar-refractivity contribution is -0.227. The molecular weight excluding hydrogens is 526 g/mol. The molecule has 2 N–H and O–H groups in total. The Morgan fingerprint density at radius 1 is 1.05 bits per heavy atom. The molecule has 4 aliphatic rings. The van der Waals surface area contributed by atoms with E-state index in [1.54, 1.807) is 6.33 Å². The molecule has 40 heavy (non-hydrogen) atoms. The highest BCUT2D eigenvalue weighted by Crippen LogP contribution is 2.49. The number of hydrogen-bond donors (Lipinski definition) is 1. The number of rotatable bonds is 7. The molecule has 8 nitrogen and oxygen atoms in total. The van der Waals surface area contributed by atoms with Gasteiger partial charge in [-0.05, 0) is 74.0 Å². The summed E-state index contributed by atoms with van der Waals surface area (Å²) >= 11 is 6.20. The number of amides is 1. The summed E-state index contributed by atoms with van der Waals surface area (Å²) in [7, 11) is 0. The minimum atomic E-state index is -0.711. The first-order valence-corrected chi connectivity index (χ1v) is 15.7. The van der Waals surface area contributed by atoms with Gasteiger partial charge in [0.2, 0.25) is 5.91 Å². The van der Waals surface area contributed by atoms with E-state index in [-0.39, 0.29) is 29.2 Å². The molecule has 6 rings (SSSR count). The summed E-state index contributed by atoms with van der Waals surface area (Å²) in [6.07, 6.45) is 14.9. The molecule has 1 aromatic heterocycles. The van der Waals surface area contributed by atoms with Gasteiger partial charge in [-0.3, -0.25) is 9.48 Å². The van der Waals surface area contributed by atoms with Crippen LogP contribution in [0, 0.1) is 23.2 Å². The highest BCUT2D eigenvalue weighted by molar-refractivity contribution is 6.30. The van der Waals surface area contributed by atoms with Crippen LogP contribution in [0.4, 0.5) is 0 Å². The van der Waals surface area contributed by atoms with Gasteiger partial charge in [0.05, 0.1) is 19.1 Å². The van der Waals surface area contributed by atoms with Gasteiger partial charge in [-0.25, -0.2) is 4.98 Å². The number of likely N-dealkylation sites (tertiary alicyclic amines) is 1. The molecule has 0 bridgehead atoms. The summed E-state index contributed by atoms with van der Waals surface area (Å²) in [6, 6.07) is 7.94. The first-order valence-electron chi connectivity index (χ1n) is 15.4. The van der Waals surface area contributed by atoms with Gasteiger partial charge in [0.1, 0.15) is 12.7 Å². The van der Waals surface area contributed by atoms with Crippen molar-refractivity contribution in [2.24, 2.45) is 28.9 Å². The van der Waals surface area contributed by atoms with E-state index >= 15 is 0 Å². The van der Waals surface area contributed by atoms with Gasteiger partial charge in [-0.15, -0.1) is 0 Å². The standard InChI is InChI=1S/C31H44ClN5O3/c32-25-8-6-23(7-9-25)18-27(28-19-26(33)10-11-31(28)39-16-17-40-31)29(38)36-14-12-30(13-15-36,20-37-22-34-21-35-37)24-4-2-1-3-5-24/h6-9,21-22,24,26-28H,1-5,10-20,33H2/t26?,27-,28?/m1/s1. The minimum absolute atomic E-state index is 0.0481. The van der Waals surface area contributed by atoms with Crippen molar-refractivity contribution in [1.29, 1.82) is 0 Å². The Morgan fingerprint density at radius 3 is 2.45 bits per heavy atom. The molecule has 2 aromatic rings. The molecule has 1 amide bonds. The monoisotopic (exact) mass is 569 g/mol. The normalized spacial score (nSPS) is 27.6. The molecule has 3 atom stereocenters. The molecule has 0 radical (unpaired) electrons. The highest BCUT2D eigenvalue weighted by atomic mass is 35.5. The van der Waals surface area contributed by atoms with Crippen LogP contribution in [0.15, 0.2) is 36.9 Å². The Morgan fingerprint density at radius 2 is 1.77 bits per heavy atom. The van der Waals surface area contributed by atoms with Gasteiger partial charge in [0.25, 0.3) is 0 Å². The van der Waals surface area contributed by atoms with Crippen LogP contribution < -0.4 is 5.73 Å². The molecule has 2 saturated heterocycles. The lowest BCUT2D eigenvalue weighted by Crippen LogP contribution is -2.56. The van der Waals surface area contributed by atoms with Crippen molar-refractivity contribution >= 4 is 17.5 Å². The predicted molar refractivity (Wildman–Crippen MR) is 153 cm³/mol. The average molecular weight is 570 g/mol. The Balaban J connectivity index is 1.24. The number of nitrogens with two attached hydrogens (primary N) is 1. The average Bonchev–Trinajstić information content (AvgIpc) is 3.68. The molecular formula is C31H44ClN5O3. The number of halogens is 1. The third-order valence-electron chi connectivity index (χ3n) is 10.4. The fourth-order valence-corrected chi connectivity index (χ4v) is 8.35. The molecule has 2 aliphatic heterocycles. The van der Waals surface area contributed by atoms with Gasteiger partial charge in [-0.2, -0.15) is 5.10 Å². The molecule has 4 fully saturated rings. The zero-order chi connectivity index (χ0) is 27.6. The largest absolute Gasteiger partial charge is 0.347 e. The smallest absolute Gasteiger partial charge is 0.226 e. The van der Waals surface area contributed by atoms with Crippen LogP contribution in [0.2, 0.25) is 5.02 Å². The van der Waals surface area contributed by atoms with Gasteiger partial charge in [0.15, 0.2) is 5.79 Å². The van der Waals surface area contributed by atoms with Crippen LogP contribution in [0.3, 0.4) is 0 Å². The Hall–Kier alpha value is -2.00. The van der Waals surface area contributed by atoms with Crippen LogP contribution >= 0.6 is 11.6 Å². The number of nitrogens with zero attached hydrogens (tertiary/aromatic N) is 4. The Labute approximate surface area is 242 Å². The van der Waals surface area contributed by atoms with Crippen molar-refractivity contribution in [3.63, 3.8) is 0 Å². The molecule has 3 heterocycles. The van der Waals surface area contributed by atoms with E-state index in [1.165, 1.54) is 32.1 Å². The van der Waals surface area contributed by atoms with Crippen molar-refractivity contribution in [1.82, 2.24) is 19.7 Å². The Bertz CT molecular complexity index is 1110. The van der Waals surface area contributed by atoms with Gasteiger partial charge < -0.3 is 20.1 Å². The number of benzene rings is 1. The third kappa shape index (κ3) is 5.83. The Kier molecular flexibility index (Phi) is 8.50. The third-order valence-corrected chi connectivity index (χ3v) is 10.7. The van der Waals surface area contributed by atoms with Gasteiger partial charge >= 0.3 is 0 Å². The summed E-state index contributed by atoms with van der Waals surface area (Å²) in [5, 5.41) is 5.17. The fourth-order valence-electron chi connectivity index (χ4n) is 8.23. The number of carbonyl (C=O) groups excluding carboxylic acids is 1.